The van der Waals surface area contributed by atoms with Crippen LogP contribution in [0, 0.1) is 0 Å². The Balaban J connectivity index is 2.90. The molecule has 0 unspecified atom stereocenters. The SMILES string of the molecule is CS(O)(O)c1ccoc1. The number of furan rings is 1. The van der Waals surface area contributed by atoms with E-state index in [0.717, 1.165) is 0 Å². The van der Waals surface area contributed by atoms with E-state index in [1.54, 1.807) is 0 Å². The van der Waals surface area contributed by atoms with Crippen LogP contribution in [0.1, 0.15) is 0 Å². The lowest BCUT2D eigenvalue weighted by atomic mass is 10.7. The molecule has 1 rings (SSSR count). The van der Waals surface area contributed by atoms with Crippen LogP contribution in [-0.2, 0) is 0 Å². The molecule has 0 aromatic carbocycles. The second kappa shape index (κ2) is 2.06. The number of hydrogen-bond acceptors (Lipinski definition) is 3. The molecule has 0 saturated carbocycles. The quantitative estimate of drug-likeness (QED) is 0.640. The third-order valence-electron chi connectivity index (χ3n) is 0.942. The van der Waals surface area contributed by atoms with Gasteiger partial charge in [-0.3, -0.25) is 9.11 Å². The van der Waals surface area contributed by atoms with E-state index in [4.69, 9.17) is 9.11 Å². The van der Waals surface area contributed by atoms with Crippen molar-refractivity contribution in [2.24, 2.45) is 0 Å². The van der Waals surface area contributed by atoms with E-state index in [2.05, 4.69) is 4.42 Å². The molecule has 0 aliphatic rings. The van der Waals surface area contributed by atoms with Crippen LogP contribution in [0.15, 0.2) is 27.9 Å². The van der Waals surface area contributed by atoms with Gasteiger partial charge in [0.15, 0.2) is 0 Å². The third kappa shape index (κ3) is 1.48. The normalized spacial score (nSPS) is 13.7. The monoisotopic (exact) mass is 148 g/mol. The van der Waals surface area contributed by atoms with E-state index in [9.17, 15) is 0 Å². The molecule has 1 aromatic rings. The molecule has 52 valence electrons. The van der Waals surface area contributed by atoms with Crippen molar-refractivity contribution in [2.45, 2.75) is 4.90 Å². The Morgan fingerprint density at radius 2 is 2.22 bits per heavy atom. The maximum atomic E-state index is 8.96. The highest BCUT2D eigenvalue weighted by Crippen LogP contribution is 2.43. The van der Waals surface area contributed by atoms with Crippen molar-refractivity contribution < 1.29 is 13.5 Å². The van der Waals surface area contributed by atoms with E-state index in [1.807, 2.05) is 0 Å². The summed E-state index contributed by atoms with van der Waals surface area (Å²) in [6, 6.07) is 1.54. The van der Waals surface area contributed by atoms with E-state index < -0.39 is 10.6 Å². The molecule has 3 nitrogen and oxygen atoms in total. The van der Waals surface area contributed by atoms with Gasteiger partial charge in [-0.1, -0.05) is 0 Å². The van der Waals surface area contributed by atoms with Gasteiger partial charge < -0.3 is 4.42 Å². The second-order valence-electron chi connectivity index (χ2n) is 1.79. The van der Waals surface area contributed by atoms with Crippen molar-refractivity contribution in [3.8, 4) is 0 Å². The van der Waals surface area contributed by atoms with E-state index in [1.165, 1.54) is 24.8 Å². The highest BCUT2D eigenvalue weighted by Gasteiger charge is 2.07. The van der Waals surface area contributed by atoms with Gasteiger partial charge in [0, 0.05) is 6.26 Å². The summed E-state index contributed by atoms with van der Waals surface area (Å²) in [6.07, 6.45) is 4.10. The first-order valence-electron chi connectivity index (χ1n) is 2.36. The Morgan fingerprint density at radius 3 is 2.44 bits per heavy atom. The molecule has 1 aromatic heterocycles. The van der Waals surface area contributed by atoms with Crippen LogP contribution in [0.2, 0.25) is 0 Å². The van der Waals surface area contributed by atoms with Gasteiger partial charge >= 0.3 is 0 Å². The molecule has 0 bridgehead atoms. The first-order chi connectivity index (χ1) is 4.11. The molecule has 9 heavy (non-hydrogen) atoms. The van der Waals surface area contributed by atoms with Gasteiger partial charge in [-0.25, -0.2) is 0 Å². The fourth-order valence-corrected chi connectivity index (χ4v) is 1.02. The lowest BCUT2D eigenvalue weighted by molar-refractivity contribution is 0.491. The summed E-state index contributed by atoms with van der Waals surface area (Å²) < 4.78 is 22.6. The summed E-state index contributed by atoms with van der Waals surface area (Å²) in [5, 5.41) is 0. The fraction of sp³-hybridized carbons (Fsp3) is 0.200. The maximum absolute atomic E-state index is 8.96. The van der Waals surface area contributed by atoms with Crippen LogP contribution in [0.3, 0.4) is 0 Å². The third-order valence-corrected chi connectivity index (χ3v) is 2.07. The first kappa shape index (κ1) is 6.67. The van der Waals surface area contributed by atoms with E-state index in [0.29, 0.717) is 4.90 Å². The molecule has 0 atom stereocenters. The summed E-state index contributed by atoms with van der Waals surface area (Å²) in [4.78, 5) is 0.447. The van der Waals surface area contributed by atoms with Gasteiger partial charge in [0.1, 0.15) is 6.26 Å². The van der Waals surface area contributed by atoms with Gasteiger partial charge in [0.25, 0.3) is 0 Å². The van der Waals surface area contributed by atoms with Crippen molar-refractivity contribution in [1.82, 2.24) is 0 Å². The molecule has 4 heteroatoms. The summed E-state index contributed by atoms with van der Waals surface area (Å²) in [6.45, 7) is 0. The zero-order valence-corrected chi connectivity index (χ0v) is 5.76. The van der Waals surface area contributed by atoms with Crippen molar-refractivity contribution in [2.75, 3.05) is 6.26 Å². The standard InChI is InChI=1S/C5H8O3S/c1-9(6,7)5-2-3-8-4-5/h2-4,6-7H,1H3. The van der Waals surface area contributed by atoms with Gasteiger partial charge in [-0.05, 0) is 6.07 Å². The van der Waals surface area contributed by atoms with Crippen LogP contribution in [-0.4, -0.2) is 15.4 Å². The van der Waals surface area contributed by atoms with Crippen molar-refractivity contribution in [1.29, 1.82) is 0 Å². The molecular weight excluding hydrogens is 140 g/mol. The number of rotatable bonds is 1. The highest BCUT2D eigenvalue weighted by molar-refractivity contribution is 8.23. The molecule has 1 heterocycles. The topological polar surface area (TPSA) is 53.6 Å². The van der Waals surface area contributed by atoms with Crippen molar-refractivity contribution in [3.05, 3.63) is 18.6 Å². The largest absolute Gasteiger partial charge is 0.471 e. The molecule has 0 saturated heterocycles. The van der Waals surface area contributed by atoms with Crippen LogP contribution in [0.5, 0.6) is 0 Å². The van der Waals surface area contributed by atoms with Crippen LogP contribution in [0.4, 0.5) is 0 Å². The van der Waals surface area contributed by atoms with Gasteiger partial charge in [0.05, 0.1) is 11.2 Å². The number of hydrogen-bond donors (Lipinski definition) is 2. The van der Waals surface area contributed by atoms with Crippen molar-refractivity contribution in [3.63, 3.8) is 0 Å². The lowest BCUT2D eigenvalue weighted by Crippen LogP contribution is -1.90. The lowest BCUT2D eigenvalue weighted by Gasteiger charge is -2.23. The maximum Gasteiger partial charge on any atom is 0.113 e. The Morgan fingerprint density at radius 1 is 1.56 bits per heavy atom. The Kier molecular flexibility index (Phi) is 1.52. The fourth-order valence-electron chi connectivity index (χ4n) is 0.472. The highest BCUT2D eigenvalue weighted by atomic mass is 32.3. The Bertz CT molecular complexity index is 175. The molecule has 0 spiro atoms. The van der Waals surface area contributed by atoms with Crippen LogP contribution in [0.25, 0.3) is 0 Å². The molecule has 0 aliphatic heterocycles. The minimum absolute atomic E-state index is 0.447. The van der Waals surface area contributed by atoms with Gasteiger partial charge in [0.2, 0.25) is 0 Å². The van der Waals surface area contributed by atoms with Gasteiger partial charge in [-0.15, -0.1) is 0 Å². The Labute approximate surface area is 54.7 Å². The van der Waals surface area contributed by atoms with Crippen LogP contribution >= 0.6 is 10.6 Å². The summed E-state index contributed by atoms with van der Waals surface area (Å²) in [7, 11) is -2.55. The molecule has 0 aliphatic carbocycles. The first-order valence-corrected chi connectivity index (χ1v) is 4.31. The minimum atomic E-state index is -2.55. The van der Waals surface area contributed by atoms with Crippen molar-refractivity contribution >= 4 is 10.6 Å². The zero-order valence-electron chi connectivity index (χ0n) is 4.94. The molecule has 0 amide bonds. The molecular formula is C5H8O3S. The molecule has 0 radical (unpaired) electrons. The summed E-state index contributed by atoms with van der Waals surface area (Å²) in [5.74, 6) is 0. The Hall–Kier alpha value is -0.450. The average Bonchev–Trinajstić information content (AvgIpc) is 2.08. The molecule has 0 fully saturated rings. The predicted molar refractivity (Wildman–Crippen MR) is 35.7 cm³/mol. The summed E-state index contributed by atoms with van der Waals surface area (Å²) in [5.41, 5.74) is 0. The zero-order chi connectivity index (χ0) is 6.91. The minimum Gasteiger partial charge on any atom is -0.471 e. The van der Waals surface area contributed by atoms with E-state index >= 15 is 0 Å². The second-order valence-corrected chi connectivity index (χ2v) is 3.93. The summed E-state index contributed by atoms with van der Waals surface area (Å²) >= 11 is 0. The van der Waals surface area contributed by atoms with Gasteiger partial charge in [-0.2, -0.15) is 10.6 Å². The smallest absolute Gasteiger partial charge is 0.113 e. The average molecular weight is 148 g/mol. The predicted octanol–water partition coefficient (Wildman–Crippen LogP) is 2.02. The van der Waals surface area contributed by atoms with E-state index in [-0.39, 0.29) is 0 Å². The van der Waals surface area contributed by atoms with Crippen LogP contribution < -0.4 is 0 Å². The molecule has 2 N–H and O–H groups in total.